The van der Waals surface area contributed by atoms with Crippen LogP contribution in [0.2, 0.25) is 5.02 Å². The first kappa shape index (κ1) is 11.6. The van der Waals surface area contributed by atoms with Crippen molar-refractivity contribution in [3.63, 3.8) is 0 Å². The highest BCUT2D eigenvalue weighted by atomic mass is 35.5. The van der Waals surface area contributed by atoms with Gasteiger partial charge < -0.3 is 10.7 Å². The van der Waals surface area contributed by atoms with Crippen molar-refractivity contribution in [2.24, 2.45) is 5.84 Å². The maximum atomic E-state index is 13.2. The smallest absolute Gasteiger partial charge is 0.143 e. The van der Waals surface area contributed by atoms with E-state index in [2.05, 4.69) is 15.7 Å². The minimum atomic E-state index is -0.470. The summed E-state index contributed by atoms with van der Waals surface area (Å²) in [7, 11) is 0. The van der Waals surface area contributed by atoms with Crippen LogP contribution < -0.4 is 16.6 Å². The number of hydrazine groups is 1. The second-order valence-electron chi connectivity index (χ2n) is 3.33. The number of pyridine rings is 1. The van der Waals surface area contributed by atoms with Crippen molar-refractivity contribution >= 4 is 28.8 Å². The fourth-order valence-electron chi connectivity index (χ4n) is 1.33. The van der Waals surface area contributed by atoms with Crippen LogP contribution in [-0.2, 0) is 0 Å². The summed E-state index contributed by atoms with van der Waals surface area (Å²) in [5.41, 5.74) is 3.77. The first-order chi connectivity index (χ1) is 8.19. The summed E-state index contributed by atoms with van der Waals surface area (Å²) in [6.07, 6.45) is 1.59. The van der Waals surface area contributed by atoms with Gasteiger partial charge in [0.15, 0.2) is 0 Å². The SMILES string of the molecule is NNc1cc(Nc2ccc(Cl)c(F)c2)ccn1. The second kappa shape index (κ2) is 4.99. The van der Waals surface area contributed by atoms with Crippen molar-refractivity contribution in [2.45, 2.75) is 0 Å². The molecule has 0 aliphatic carbocycles. The third-order valence-electron chi connectivity index (χ3n) is 2.12. The molecule has 0 radical (unpaired) electrons. The van der Waals surface area contributed by atoms with E-state index in [1.807, 2.05) is 0 Å². The van der Waals surface area contributed by atoms with Crippen LogP contribution in [-0.4, -0.2) is 4.98 Å². The third kappa shape index (κ3) is 2.83. The molecule has 4 N–H and O–H groups in total. The summed E-state index contributed by atoms with van der Waals surface area (Å²) < 4.78 is 13.2. The van der Waals surface area contributed by atoms with Gasteiger partial charge >= 0.3 is 0 Å². The Balaban J connectivity index is 2.22. The molecule has 0 spiro atoms. The molecule has 0 unspecified atom stereocenters. The summed E-state index contributed by atoms with van der Waals surface area (Å²) >= 11 is 5.59. The lowest BCUT2D eigenvalue weighted by atomic mass is 10.3. The zero-order chi connectivity index (χ0) is 12.3. The topological polar surface area (TPSA) is 63.0 Å². The van der Waals surface area contributed by atoms with E-state index in [4.69, 9.17) is 17.4 Å². The van der Waals surface area contributed by atoms with E-state index in [0.717, 1.165) is 5.69 Å². The van der Waals surface area contributed by atoms with E-state index in [-0.39, 0.29) is 5.02 Å². The molecule has 0 aliphatic heterocycles. The predicted molar refractivity (Wildman–Crippen MR) is 66.7 cm³/mol. The molecule has 88 valence electrons. The van der Waals surface area contributed by atoms with Crippen LogP contribution in [0.5, 0.6) is 0 Å². The molecule has 2 rings (SSSR count). The van der Waals surface area contributed by atoms with Gasteiger partial charge in [-0.25, -0.2) is 15.2 Å². The normalized spacial score (nSPS) is 10.1. The Labute approximate surface area is 103 Å². The van der Waals surface area contributed by atoms with Crippen LogP contribution in [0.15, 0.2) is 36.5 Å². The maximum Gasteiger partial charge on any atom is 0.143 e. The molecule has 0 saturated carbocycles. The van der Waals surface area contributed by atoms with Crippen molar-refractivity contribution in [2.75, 3.05) is 10.7 Å². The number of benzene rings is 1. The number of anilines is 3. The average molecular weight is 253 g/mol. The monoisotopic (exact) mass is 252 g/mol. The molecule has 2 aromatic rings. The van der Waals surface area contributed by atoms with Crippen molar-refractivity contribution in [3.8, 4) is 0 Å². The highest BCUT2D eigenvalue weighted by Gasteiger charge is 2.02. The Kier molecular flexibility index (Phi) is 3.41. The highest BCUT2D eigenvalue weighted by Crippen LogP contribution is 2.22. The van der Waals surface area contributed by atoms with Crippen molar-refractivity contribution in [1.29, 1.82) is 0 Å². The van der Waals surface area contributed by atoms with E-state index < -0.39 is 5.82 Å². The number of rotatable bonds is 3. The summed E-state index contributed by atoms with van der Waals surface area (Å²) in [4.78, 5) is 3.96. The largest absolute Gasteiger partial charge is 0.355 e. The lowest BCUT2D eigenvalue weighted by Crippen LogP contribution is -2.08. The molecular weight excluding hydrogens is 243 g/mol. The van der Waals surface area contributed by atoms with Gasteiger partial charge in [0.25, 0.3) is 0 Å². The number of aromatic nitrogens is 1. The van der Waals surface area contributed by atoms with Gasteiger partial charge in [-0.3, -0.25) is 0 Å². The lowest BCUT2D eigenvalue weighted by Gasteiger charge is -2.08. The van der Waals surface area contributed by atoms with E-state index in [0.29, 0.717) is 11.5 Å². The molecule has 1 heterocycles. The Morgan fingerprint density at radius 3 is 2.65 bits per heavy atom. The molecule has 0 atom stereocenters. The number of hydrogen-bond acceptors (Lipinski definition) is 4. The fraction of sp³-hybridized carbons (Fsp3) is 0. The lowest BCUT2D eigenvalue weighted by molar-refractivity contribution is 0.629. The number of halogens is 2. The van der Waals surface area contributed by atoms with Gasteiger partial charge in [-0.15, -0.1) is 0 Å². The van der Waals surface area contributed by atoms with Crippen LogP contribution in [0.4, 0.5) is 21.6 Å². The van der Waals surface area contributed by atoms with Gasteiger partial charge in [-0.05, 0) is 24.3 Å². The third-order valence-corrected chi connectivity index (χ3v) is 2.42. The van der Waals surface area contributed by atoms with Gasteiger partial charge in [0.05, 0.1) is 5.02 Å². The molecule has 1 aromatic heterocycles. The van der Waals surface area contributed by atoms with E-state index in [9.17, 15) is 4.39 Å². The zero-order valence-corrected chi connectivity index (χ0v) is 9.50. The molecule has 0 amide bonds. The second-order valence-corrected chi connectivity index (χ2v) is 3.74. The predicted octanol–water partition coefficient (Wildman–Crippen LogP) is 2.90. The van der Waals surface area contributed by atoms with Gasteiger partial charge in [-0.2, -0.15) is 0 Å². The molecule has 17 heavy (non-hydrogen) atoms. The molecule has 1 aromatic carbocycles. The van der Waals surface area contributed by atoms with E-state index >= 15 is 0 Å². The fourth-order valence-corrected chi connectivity index (χ4v) is 1.45. The summed E-state index contributed by atoms with van der Waals surface area (Å²) in [6.45, 7) is 0. The summed E-state index contributed by atoms with van der Waals surface area (Å²) in [5.74, 6) is 5.29. The van der Waals surface area contributed by atoms with Crippen LogP contribution in [0.1, 0.15) is 0 Å². The van der Waals surface area contributed by atoms with E-state index in [1.54, 1.807) is 24.4 Å². The van der Waals surface area contributed by atoms with Crippen LogP contribution >= 0.6 is 11.6 Å². The first-order valence-electron chi connectivity index (χ1n) is 4.84. The van der Waals surface area contributed by atoms with E-state index in [1.165, 1.54) is 12.1 Å². The Bertz CT molecular complexity index is 533. The maximum absolute atomic E-state index is 13.2. The number of nitrogens with zero attached hydrogens (tertiary/aromatic N) is 1. The van der Waals surface area contributed by atoms with Crippen LogP contribution in [0.3, 0.4) is 0 Å². The quantitative estimate of drug-likeness (QED) is 0.581. The molecule has 0 saturated heterocycles. The van der Waals surface area contributed by atoms with Gasteiger partial charge in [0.2, 0.25) is 0 Å². The number of hydrogen-bond donors (Lipinski definition) is 3. The number of nitrogen functional groups attached to an aromatic ring is 1. The minimum Gasteiger partial charge on any atom is -0.355 e. The molecule has 0 bridgehead atoms. The Morgan fingerprint density at radius 1 is 1.18 bits per heavy atom. The molecule has 6 heteroatoms. The van der Waals surface area contributed by atoms with Gasteiger partial charge in [0, 0.05) is 23.6 Å². The van der Waals surface area contributed by atoms with Crippen molar-refractivity contribution in [3.05, 3.63) is 47.4 Å². The molecular formula is C11H10ClFN4. The molecule has 0 fully saturated rings. The zero-order valence-electron chi connectivity index (χ0n) is 8.74. The average Bonchev–Trinajstić information content (AvgIpc) is 2.34. The Hall–Kier alpha value is -1.85. The number of nitrogens with one attached hydrogen (secondary N) is 2. The Morgan fingerprint density at radius 2 is 1.94 bits per heavy atom. The highest BCUT2D eigenvalue weighted by molar-refractivity contribution is 6.30. The minimum absolute atomic E-state index is 0.0922. The first-order valence-corrected chi connectivity index (χ1v) is 5.21. The molecule has 0 aliphatic rings. The van der Waals surface area contributed by atoms with Gasteiger partial charge in [0.1, 0.15) is 11.6 Å². The standard InChI is InChI=1S/C11H10ClFN4/c12-9-2-1-7(5-10(9)13)16-8-3-4-15-11(6-8)17-14/h1-6H,14H2,(H2,15,16,17). The van der Waals surface area contributed by atoms with Crippen LogP contribution in [0.25, 0.3) is 0 Å². The summed E-state index contributed by atoms with van der Waals surface area (Å²) in [6, 6.07) is 7.93. The van der Waals surface area contributed by atoms with Crippen molar-refractivity contribution < 1.29 is 4.39 Å². The molecule has 4 nitrogen and oxygen atoms in total. The van der Waals surface area contributed by atoms with Crippen molar-refractivity contribution in [1.82, 2.24) is 4.98 Å². The summed E-state index contributed by atoms with van der Waals surface area (Å²) in [5, 5.41) is 3.10. The van der Waals surface area contributed by atoms with Gasteiger partial charge in [-0.1, -0.05) is 11.6 Å². The number of nitrogens with two attached hydrogens (primary N) is 1. The van der Waals surface area contributed by atoms with Crippen LogP contribution in [0, 0.1) is 5.82 Å².